The molecule has 2 aromatic carbocycles. The molecular formula is C22H24N2O4. The number of benzene rings is 2. The van der Waals surface area contributed by atoms with Crippen molar-refractivity contribution in [2.75, 3.05) is 13.7 Å². The molecule has 1 amide bonds. The smallest absolute Gasteiger partial charge is 0.404 e. The minimum atomic E-state index is -0.774. The van der Waals surface area contributed by atoms with Crippen molar-refractivity contribution in [1.29, 1.82) is 0 Å². The summed E-state index contributed by atoms with van der Waals surface area (Å²) in [7, 11) is 1.64. The molecule has 0 aliphatic rings. The van der Waals surface area contributed by atoms with Crippen LogP contribution in [0.4, 0.5) is 4.79 Å². The summed E-state index contributed by atoms with van der Waals surface area (Å²) >= 11 is 0. The largest absolute Gasteiger partial charge is 0.496 e. The number of aryl methyl sites for hydroxylation is 2. The van der Waals surface area contributed by atoms with Crippen LogP contribution in [-0.2, 0) is 4.74 Å². The number of hydrogen-bond donors (Lipinski definition) is 2. The van der Waals surface area contributed by atoms with E-state index in [0.717, 1.165) is 44.5 Å². The van der Waals surface area contributed by atoms with Crippen LogP contribution < -0.4 is 16.0 Å². The van der Waals surface area contributed by atoms with Crippen LogP contribution in [-0.4, -0.2) is 24.8 Å². The van der Waals surface area contributed by atoms with Gasteiger partial charge in [0.05, 0.1) is 19.2 Å². The number of H-pyrrole nitrogens is 1. The zero-order valence-corrected chi connectivity index (χ0v) is 16.5. The van der Waals surface area contributed by atoms with E-state index >= 15 is 0 Å². The summed E-state index contributed by atoms with van der Waals surface area (Å²) in [4.78, 5) is 25.7. The average molecular weight is 380 g/mol. The Hall–Kier alpha value is -3.28. The van der Waals surface area contributed by atoms with Crippen molar-refractivity contribution < 1.29 is 14.3 Å². The van der Waals surface area contributed by atoms with Crippen LogP contribution in [0, 0.1) is 13.8 Å². The fourth-order valence-corrected chi connectivity index (χ4v) is 3.50. The molecule has 6 nitrogen and oxygen atoms in total. The van der Waals surface area contributed by atoms with Gasteiger partial charge in [0.2, 0.25) is 5.56 Å². The highest BCUT2D eigenvalue weighted by Crippen LogP contribution is 2.39. The van der Waals surface area contributed by atoms with Crippen molar-refractivity contribution in [1.82, 2.24) is 4.98 Å². The molecule has 0 bridgehead atoms. The lowest BCUT2D eigenvalue weighted by atomic mass is 9.92. The van der Waals surface area contributed by atoms with Gasteiger partial charge in [0.1, 0.15) is 5.75 Å². The molecule has 0 spiro atoms. The number of nitrogens with two attached hydrogens (primary N) is 1. The number of hydrogen-bond acceptors (Lipinski definition) is 4. The molecule has 0 unspecified atom stereocenters. The minimum Gasteiger partial charge on any atom is -0.496 e. The van der Waals surface area contributed by atoms with Crippen molar-refractivity contribution in [3.8, 4) is 16.9 Å². The van der Waals surface area contributed by atoms with E-state index in [1.807, 2.05) is 51.1 Å². The van der Waals surface area contributed by atoms with Crippen LogP contribution in [0.5, 0.6) is 5.75 Å². The average Bonchev–Trinajstić information content (AvgIpc) is 2.66. The number of aromatic amines is 1. The SMILES string of the molecule is COc1cc(C)c2[nH]c(=O)cc(C)c2c1-c1ccc([C@@H](C)COC(N)=O)cc1. The number of amides is 1. The Bertz CT molecular complexity index is 1080. The molecule has 1 heterocycles. The molecule has 146 valence electrons. The molecule has 3 rings (SSSR count). The second-order valence-electron chi connectivity index (χ2n) is 6.99. The first kappa shape index (κ1) is 19.5. The number of pyridine rings is 1. The number of primary amides is 1. The first-order chi connectivity index (χ1) is 13.3. The summed E-state index contributed by atoms with van der Waals surface area (Å²) in [5.41, 5.74) is 10.5. The fraction of sp³-hybridized carbons (Fsp3) is 0.273. The van der Waals surface area contributed by atoms with Crippen molar-refractivity contribution in [2.24, 2.45) is 5.73 Å². The molecule has 28 heavy (non-hydrogen) atoms. The molecule has 1 aromatic heterocycles. The zero-order chi connectivity index (χ0) is 20.4. The van der Waals surface area contributed by atoms with Crippen LogP contribution >= 0.6 is 0 Å². The normalized spacial score (nSPS) is 12.0. The van der Waals surface area contributed by atoms with Gasteiger partial charge < -0.3 is 20.2 Å². The van der Waals surface area contributed by atoms with E-state index in [4.69, 9.17) is 15.2 Å². The summed E-state index contributed by atoms with van der Waals surface area (Å²) in [6.07, 6.45) is -0.774. The first-order valence-corrected chi connectivity index (χ1v) is 9.05. The summed E-state index contributed by atoms with van der Waals surface area (Å²) < 4.78 is 10.5. The predicted molar refractivity (Wildman–Crippen MR) is 110 cm³/mol. The Labute approximate surface area is 163 Å². The Morgan fingerprint density at radius 2 is 1.82 bits per heavy atom. The van der Waals surface area contributed by atoms with Gasteiger partial charge in [-0.1, -0.05) is 31.2 Å². The van der Waals surface area contributed by atoms with Crippen molar-refractivity contribution in [3.63, 3.8) is 0 Å². The predicted octanol–water partition coefficient (Wildman–Crippen LogP) is 4.02. The number of carbonyl (C=O) groups excluding carboxylic acids is 1. The molecule has 3 N–H and O–H groups in total. The lowest BCUT2D eigenvalue weighted by Gasteiger charge is -2.17. The molecule has 0 fully saturated rings. The molecule has 0 saturated carbocycles. The van der Waals surface area contributed by atoms with Crippen LogP contribution in [0.1, 0.15) is 29.5 Å². The van der Waals surface area contributed by atoms with Crippen molar-refractivity contribution in [2.45, 2.75) is 26.7 Å². The lowest BCUT2D eigenvalue weighted by molar-refractivity contribution is 0.151. The number of aromatic nitrogens is 1. The summed E-state index contributed by atoms with van der Waals surface area (Å²) in [6, 6.07) is 11.5. The van der Waals surface area contributed by atoms with E-state index in [2.05, 4.69) is 4.98 Å². The number of ether oxygens (including phenoxy) is 2. The molecule has 0 saturated heterocycles. The van der Waals surface area contributed by atoms with E-state index in [0.29, 0.717) is 0 Å². The molecule has 0 radical (unpaired) electrons. The van der Waals surface area contributed by atoms with E-state index < -0.39 is 6.09 Å². The van der Waals surface area contributed by atoms with Gasteiger partial charge in [-0.25, -0.2) is 4.79 Å². The standard InChI is InChI=1S/C22H24N2O4/c1-12-10-18(25)24-21-13(2)9-17(27-4)20(19(12)21)16-7-5-15(6-8-16)14(3)11-28-22(23)26/h5-10,14H,11H2,1-4H3,(H2,23,26)(H,24,25)/t14-/m0/s1. The highest BCUT2D eigenvalue weighted by molar-refractivity contribution is 6.01. The first-order valence-electron chi connectivity index (χ1n) is 9.05. The molecule has 0 aliphatic carbocycles. The number of carbonyl (C=O) groups is 1. The van der Waals surface area contributed by atoms with E-state index in [9.17, 15) is 9.59 Å². The van der Waals surface area contributed by atoms with Gasteiger partial charge in [-0.05, 0) is 42.2 Å². The minimum absolute atomic E-state index is 0.0244. The van der Waals surface area contributed by atoms with Crippen molar-refractivity contribution >= 4 is 17.0 Å². The molecule has 3 aromatic rings. The van der Waals surface area contributed by atoms with Gasteiger partial charge in [-0.2, -0.15) is 0 Å². The molecule has 6 heteroatoms. The maximum Gasteiger partial charge on any atom is 0.404 e. The summed E-state index contributed by atoms with van der Waals surface area (Å²) in [5.74, 6) is 0.773. The fourth-order valence-electron chi connectivity index (χ4n) is 3.50. The monoisotopic (exact) mass is 380 g/mol. The van der Waals surface area contributed by atoms with Crippen LogP contribution in [0.15, 0.2) is 41.2 Å². The topological polar surface area (TPSA) is 94.4 Å². The van der Waals surface area contributed by atoms with E-state index in [-0.39, 0.29) is 18.1 Å². The highest BCUT2D eigenvalue weighted by Gasteiger charge is 2.17. The Morgan fingerprint density at radius 1 is 1.14 bits per heavy atom. The highest BCUT2D eigenvalue weighted by atomic mass is 16.5. The van der Waals surface area contributed by atoms with Gasteiger partial charge in [-0.3, -0.25) is 4.79 Å². The Morgan fingerprint density at radius 3 is 2.43 bits per heavy atom. The maximum atomic E-state index is 12.0. The van der Waals surface area contributed by atoms with Gasteiger partial charge in [0, 0.05) is 22.9 Å². The molecular weight excluding hydrogens is 356 g/mol. The summed E-state index contributed by atoms with van der Waals surface area (Å²) in [6.45, 7) is 6.07. The van der Waals surface area contributed by atoms with Crippen LogP contribution in [0.25, 0.3) is 22.0 Å². The number of fused-ring (bicyclic) bond motifs is 1. The Kier molecular flexibility index (Phi) is 5.40. The summed E-state index contributed by atoms with van der Waals surface area (Å²) in [5, 5.41) is 0.967. The maximum absolute atomic E-state index is 12.0. The van der Waals surface area contributed by atoms with E-state index in [1.54, 1.807) is 13.2 Å². The molecule has 0 aliphatic heterocycles. The molecule has 1 atom stereocenters. The lowest BCUT2D eigenvalue weighted by Crippen LogP contribution is -2.16. The van der Waals surface area contributed by atoms with E-state index in [1.165, 1.54) is 0 Å². The third-order valence-electron chi connectivity index (χ3n) is 4.94. The quantitative estimate of drug-likeness (QED) is 0.699. The third-order valence-corrected chi connectivity index (χ3v) is 4.94. The Balaban J connectivity index is 2.12. The van der Waals surface area contributed by atoms with Gasteiger partial charge in [0.15, 0.2) is 0 Å². The van der Waals surface area contributed by atoms with Gasteiger partial charge in [0.25, 0.3) is 0 Å². The van der Waals surface area contributed by atoms with Gasteiger partial charge in [-0.15, -0.1) is 0 Å². The van der Waals surface area contributed by atoms with Crippen molar-refractivity contribution in [3.05, 3.63) is 63.4 Å². The van der Waals surface area contributed by atoms with Gasteiger partial charge >= 0.3 is 6.09 Å². The zero-order valence-electron chi connectivity index (χ0n) is 16.5. The second-order valence-corrected chi connectivity index (χ2v) is 6.99. The van der Waals surface area contributed by atoms with Crippen LogP contribution in [0.2, 0.25) is 0 Å². The number of rotatable bonds is 5. The second kappa shape index (κ2) is 7.76. The third kappa shape index (κ3) is 3.71. The van der Waals surface area contributed by atoms with Crippen LogP contribution in [0.3, 0.4) is 0 Å². The number of methoxy groups -OCH3 is 1. The number of nitrogens with one attached hydrogen (secondary N) is 1.